The van der Waals surface area contributed by atoms with E-state index >= 15 is 0 Å². The van der Waals surface area contributed by atoms with Crippen LogP contribution in [0, 0.1) is 6.92 Å². The standard InChI is InChI=1S/C18H13N5OS/c1-11-5-4-6-12(9-11)17-19-20-18-23(17)21-16(25-18)10-14-13-7-2-3-8-15(13)24-22-14/h2-9H,10H2,1H3. The van der Waals surface area contributed by atoms with Gasteiger partial charge in [-0.3, -0.25) is 0 Å². The first-order valence-electron chi connectivity index (χ1n) is 7.89. The molecule has 25 heavy (non-hydrogen) atoms. The molecule has 0 radical (unpaired) electrons. The molecule has 0 atom stereocenters. The summed E-state index contributed by atoms with van der Waals surface area (Å²) in [4.78, 5) is 0.777. The summed E-state index contributed by atoms with van der Waals surface area (Å²) < 4.78 is 7.18. The van der Waals surface area contributed by atoms with Crippen molar-refractivity contribution in [1.82, 2.24) is 25.0 Å². The molecule has 3 aromatic heterocycles. The normalized spacial score (nSPS) is 11.6. The number of aryl methyl sites for hydroxylation is 1. The summed E-state index contributed by atoms with van der Waals surface area (Å²) in [5.74, 6) is 0.756. The largest absolute Gasteiger partial charge is 0.356 e. The molecule has 0 bridgehead atoms. The second-order valence-corrected chi connectivity index (χ2v) is 6.93. The van der Waals surface area contributed by atoms with Crippen molar-refractivity contribution in [3.8, 4) is 11.4 Å². The molecule has 6 nitrogen and oxygen atoms in total. The van der Waals surface area contributed by atoms with Gasteiger partial charge in [0.2, 0.25) is 4.96 Å². The zero-order valence-electron chi connectivity index (χ0n) is 13.4. The van der Waals surface area contributed by atoms with Crippen molar-refractivity contribution in [2.75, 3.05) is 0 Å². The number of hydrogen-bond donors (Lipinski definition) is 0. The molecule has 122 valence electrons. The van der Waals surface area contributed by atoms with E-state index in [2.05, 4.69) is 39.5 Å². The van der Waals surface area contributed by atoms with Crippen LogP contribution in [0.15, 0.2) is 53.1 Å². The summed E-state index contributed by atoms with van der Waals surface area (Å²) in [5.41, 5.74) is 3.87. The Hall–Kier alpha value is -3.06. The van der Waals surface area contributed by atoms with Crippen molar-refractivity contribution < 1.29 is 4.52 Å². The van der Waals surface area contributed by atoms with Gasteiger partial charge in [-0.1, -0.05) is 52.4 Å². The van der Waals surface area contributed by atoms with E-state index in [0.717, 1.165) is 38.0 Å². The van der Waals surface area contributed by atoms with E-state index in [1.54, 1.807) is 4.52 Å². The highest BCUT2D eigenvalue weighted by atomic mass is 32.1. The smallest absolute Gasteiger partial charge is 0.234 e. The van der Waals surface area contributed by atoms with Crippen LogP contribution in [-0.2, 0) is 6.42 Å². The molecule has 0 saturated carbocycles. The first-order chi connectivity index (χ1) is 12.3. The Morgan fingerprint density at radius 3 is 2.92 bits per heavy atom. The maximum absolute atomic E-state index is 5.38. The van der Waals surface area contributed by atoms with Gasteiger partial charge >= 0.3 is 0 Å². The maximum atomic E-state index is 5.38. The van der Waals surface area contributed by atoms with Crippen LogP contribution in [-0.4, -0.2) is 25.0 Å². The molecule has 0 fully saturated rings. The third-order valence-electron chi connectivity index (χ3n) is 4.08. The number of para-hydroxylation sites is 1. The second kappa shape index (κ2) is 5.49. The minimum atomic E-state index is 0.609. The van der Waals surface area contributed by atoms with Crippen molar-refractivity contribution >= 4 is 27.3 Å². The Labute approximate surface area is 146 Å². The molecule has 0 amide bonds. The number of nitrogens with zero attached hydrogens (tertiary/aromatic N) is 5. The van der Waals surface area contributed by atoms with Gasteiger partial charge in [-0.05, 0) is 25.1 Å². The first kappa shape index (κ1) is 14.3. The number of hydrogen-bond acceptors (Lipinski definition) is 6. The fourth-order valence-electron chi connectivity index (χ4n) is 2.90. The zero-order valence-corrected chi connectivity index (χ0v) is 14.2. The van der Waals surface area contributed by atoms with E-state index in [1.807, 2.05) is 36.4 Å². The first-order valence-corrected chi connectivity index (χ1v) is 8.71. The van der Waals surface area contributed by atoms with Gasteiger partial charge in [0.25, 0.3) is 0 Å². The molecule has 0 aliphatic rings. The van der Waals surface area contributed by atoms with Gasteiger partial charge in [0.15, 0.2) is 11.4 Å². The molecule has 0 unspecified atom stereocenters. The highest BCUT2D eigenvalue weighted by Crippen LogP contribution is 2.25. The zero-order chi connectivity index (χ0) is 16.8. The van der Waals surface area contributed by atoms with Gasteiger partial charge in [0.1, 0.15) is 5.01 Å². The van der Waals surface area contributed by atoms with Gasteiger partial charge < -0.3 is 4.52 Å². The third-order valence-corrected chi connectivity index (χ3v) is 4.98. The summed E-state index contributed by atoms with van der Waals surface area (Å²) in [6, 6.07) is 16.0. The van der Waals surface area contributed by atoms with Gasteiger partial charge in [0, 0.05) is 17.4 Å². The topological polar surface area (TPSA) is 69.1 Å². The average molecular weight is 347 g/mol. The van der Waals surface area contributed by atoms with Gasteiger partial charge in [-0.25, -0.2) is 0 Å². The van der Waals surface area contributed by atoms with Crippen LogP contribution < -0.4 is 0 Å². The minimum absolute atomic E-state index is 0.609. The van der Waals surface area contributed by atoms with Crippen LogP contribution in [0.1, 0.15) is 16.3 Å². The lowest BCUT2D eigenvalue weighted by Crippen LogP contribution is -1.94. The van der Waals surface area contributed by atoms with Crippen LogP contribution in [0.25, 0.3) is 27.3 Å². The second-order valence-electron chi connectivity index (χ2n) is 5.89. The Balaban J connectivity index is 1.55. The van der Waals surface area contributed by atoms with E-state index in [4.69, 9.17) is 4.52 Å². The molecule has 0 spiro atoms. The molecular formula is C18H13N5OS. The number of benzene rings is 2. The monoisotopic (exact) mass is 347 g/mol. The molecule has 7 heteroatoms. The fraction of sp³-hybridized carbons (Fsp3) is 0.111. The van der Waals surface area contributed by atoms with Crippen molar-refractivity contribution in [3.05, 3.63) is 64.8 Å². The lowest BCUT2D eigenvalue weighted by molar-refractivity contribution is 0.448. The SMILES string of the molecule is Cc1cccc(-c2nnc3sc(Cc4noc5ccccc45)nn23)c1. The van der Waals surface area contributed by atoms with Crippen molar-refractivity contribution in [2.24, 2.45) is 0 Å². The van der Waals surface area contributed by atoms with Crippen LogP contribution in [0.2, 0.25) is 0 Å². The molecule has 0 aliphatic heterocycles. The summed E-state index contributed by atoms with van der Waals surface area (Å²) in [5, 5.41) is 19.4. The van der Waals surface area contributed by atoms with E-state index in [9.17, 15) is 0 Å². The van der Waals surface area contributed by atoms with Crippen LogP contribution in [0.4, 0.5) is 0 Å². The summed E-state index contributed by atoms with van der Waals surface area (Å²) >= 11 is 1.52. The van der Waals surface area contributed by atoms with E-state index in [-0.39, 0.29) is 0 Å². The van der Waals surface area contributed by atoms with E-state index in [1.165, 1.54) is 16.9 Å². The van der Waals surface area contributed by atoms with Crippen LogP contribution in [0.5, 0.6) is 0 Å². The van der Waals surface area contributed by atoms with Gasteiger partial charge in [-0.2, -0.15) is 9.61 Å². The van der Waals surface area contributed by atoms with E-state index in [0.29, 0.717) is 6.42 Å². The molecule has 5 aromatic rings. The fourth-order valence-corrected chi connectivity index (χ4v) is 3.74. The number of aromatic nitrogens is 5. The maximum Gasteiger partial charge on any atom is 0.234 e. The van der Waals surface area contributed by atoms with Crippen LogP contribution in [0.3, 0.4) is 0 Å². The molecule has 5 rings (SSSR count). The molecule has 0 saturated heterocycles. The molecule has 3 heterocycles. The highest BCUT2D eigenvalue weighted by Gasteiger charge is 2.16. The van der Waals surface area contributed by atoms with Gasteiger partial charge in [-0.15, -0.1) is 10.2 Å². The molecule has 2 aromatic carbocycles. The Bertz CT molecular complexity index is 1200. The van der Waals surface area contributed by atoms with Gasteiger partial charge in [0.05, 0.1) is 5.69 Å². The number of rotatable bonds is 3. The minimum Gasteiger partial charge on any atom is -0.356 e. The predicted molar refractivity (Wildman–Crippen MR) is 95.6 cm³/mol. The lowest BCUT2D eigenvalue weighted by Gasteiger charge is -1.98. The summed E-state index contributed by atoms with van der Waals surface area (Å²) in [6.45, 7) is 2.06. The van der Waals surface area contributed by atoms with Crippen molar-refractivity contribution in [3.63, 3.8) is 0 Å². The average Bonchev–Trinajstić information content (AvgIpc) is 3.30. The lowest BCUT2D eigenvalue weighted by atomic mass is 10.1. The molecule has 0 N–H and O–H groups in total. The van der Waals surface area contributed by atoms with Crippen LogP contribution >= 0.6 is 11.3 Å². The molecular weight excluding hydrogens is 334 g/mol. The Morgan fingerprint density at radius 1 is 1.08 bits per heavy atom. The van der Waals surface area contributed by atoms with Crippen molar-refractivity contribution in [1.29, 1.82) is 0 Å². The molecule has 0 aliphatic carbocycles. The predicted octanol–water partition coefficient (Wildman–Crippen LogP) is 3.89. The summed E-state index contributed by atoms with van der Waals surface area (Å²) in [7, 11) is 0. The number of fused-ring (bicyclic) bond motifs is 2. The van der Waals surface area contributed by atoms with Crippen molar-refractivity contribution in [2.45, 2.75) is 13.3 Å². The van der Waals surface area contributed by atoms with E-state index < -0.39 is 0 Å². The quantitative estimate of drug-likeness (QED) is 0.495. The Morgan fingerprint density at radius 2 is 2.00 bits per heavy atom. The Kier molecular flexibility index (Phi) is 3.14. The summed E-state index contributed by atoms with van der Waals surface area (Å²) in [6.07, 6.45) is 0.609. The third kappa shape index (κ3) is 2.40. The highest BCUT2D eigenvalue weighted by molar-refractivity contribution is 7.16.